The third-order valence-corrected chi connectivity index (χ3v) is 17.9. The van der Waals surface area contributed by atoms with E-state index in [1.807, 2.05) is 25.5 Å². The zero-order chi connectivity index (χ0) is 47.0. The Labute approximate surface area is 411 Å². The van der Waals surface area contributed by atoms with E-state index in [9.17, 15) is 4.57 Å². The molecule has 0 amide bonds. The molecule has 0 N–H and O–H groups in total. The van der Waals surface area contributed by atoms with Gasteiger partial charge in [-0.1, -0.05) is 200 Å². The molecule has 10 aromatic rings. The van der Waals surface area contributed by atoms with E-state index in [-0.39, 0.29) is 5.41 Å². The van der Waals surface area contributed by atoms with E-state index in [0.29, 0.717) is 29.3 Å². The number of rotatable bonds is 9. The lowest BCUT2D eigenvalue weighted by molar-refractivity contribution is -0.0418. The Morgan fingerprint density at radius 3 is 1.30 bits per heavy atom. The fourth-order valence-electron chi connectivity index (χ4n) is 13.4. The van der Waals surface area contributed by atoms with Crippen LogP contribution in [0.1, 0.15) is 43.2 Å². The SMILES string of the molecule is CP(C)(=O)c1ccc(-c2ccc(C3(c4ccc(-c5nc(-c6cccc(-c7ccccc7)c6)nc(-c6c7ccccc7c(-c7ccccc7)c7ccccc67)n5)cc4)C4CC5CC(C4)CC3C5)cc2)cc1. The highest BCUT2D eigenvalue weighted by atomic mass is 31.2. The standard InChI is InChI=1S/C65H54N3OP/c1-70(2,69)55-34-28-46(29-35-55)45-24-30-51(31-25-45)65(53-37-42-36-43(39-53)40-54(65)38-42)52-32-26-48(27-33-52)62-66-63(50-19-13-18-49(41-50)44-14-5-3-6-15-44)68-64(67-62)61-58-22-11-9-20-56(58)60(47-16-7-4-8-17-47)57-21-10-12-23-59(57)61/h3-35,41-43,53-54H,36-40H2,1-2H3. The molecule has 1 heterocycles. The third-order valence-electron chi connectivity index (χ3n) is 16.3. The van der Waals surface area contributed by atoms with Crippen LogP contribution in [0.3, 0.4) is 0 Å². The van der Waals surface area contributed by atoms with E-state index in [4.69, 9.17) is 15.0 Å². The van der Waals surface area contributed by atoms with E-state index in [2.05, 4.69) is 194 Å². The summed E-state index contributed by atoms with van der Waals surface area (Å²) in [4.78, 5) is 16.3. The minimum atomic E-state index is -2.32. The predicted molar refractivity (Wildman–Crippen MR) is 291 cm³/mol. The van der Waals surface area contributed by atoms with Gasteiger partial charge >= 0.3 is 0 Å². The summed E-state index contributed by atoms with van der Waals surface area (Å²) in [6.45, 7) is 3.68. The van der Waals surface area contributed by atoms with Crippen LogP contribution >= 0.6 is 7.14 Å². The van der Waals surface area contributed by atoms with Crippen molar-refractivity contribution >= 4 is 34.0 Å². The molecular formula is C65H54N3OP. The maximum atomic E-state index is 12.8. The molecule has 14 rings (SSSR count). The molecule has 4 aliphatic rings. The van der Waals surface area contributed by atoms with Crippen molar-refractivity contribution < 1.29 is 4.57 Å². The number of hydrogen-bond donors (Lipinski definition) is 0. The molecule has 4 nitrogen and oxygen atoms in total. The highest BCUT2D eigenvalue weighted by Gasteiger charge is 2.58. The number of nitrogens with zero attached hydrogens (tertiary/aromatic N) is 3. The minimum Gasteiger partial charge on any atom is -0.319 e. The number of aromatic nitrogens is 3. The molecule has 5 heteroatoms. The first kappa shape index (κ1) is 42.8. The molecule has 0 aliphatic heterocycles. The van der Waals surface area contributed by atoms with Crippen LogP contribution in [0.15, 0.2) is 206 Å². The molecule has 0 radical (unpaired) electrons. The average Bonchev–Trinajstić information content (AvgIpc) is 3.40. The van der Waals surface area contributed by atoms with Crippen LogP contribution in [0.25, 0.3) is 89.1 Å². The fraction of sp³-hybridized carbons (Fsp3) is 0.185. The van der Waals surface area contributed by atoms with Crippen molar-refractivity contribution in [1.29, 1.82) is 0 Å². The quantitative estimate of drug-likeness (QED) is 0.107. The van der Waals surface area contributed by atoms with E-state index in [1.54, 1.807) is 0 Å². The topological polar surface area (TPSA) is 55.7 Å². The lowest BCUT2D eigenvalue weighted by atomic mass is 9.42. The van der Waals surface area contributed by atoms with Gasteiger partial charge in [-0.25, -0.2) is 15.0 Å². The minimum absolute atomic E-state index is 0.0724. The van der Waals surface area contributed by atoms with Crippen molar-refractivity contribution in [1.82, 2.24) is 15.0 Å². The van der Waals surface area contributed by atoms with Gasteiger partial charge in [0, 0.05) is 27.4 Å². The Morgan fingerprint density at radius 2 is 0.771 bits per heavy atom. The Balaban J connectivity index is 0.964. The monoisotopic (exact) mass is 923 g/mol. The third kappa shape index (κ3) is 7.26. The van der Waals surface area contributed by atoms with Crippen molar-refractivity contribution in [3.05, 3.63) is 217 Å². The summed E-state index contributed by atoms with van der Waals surface area (Å²) in [7, 11) is -2.32. The predicted octanol–water partition coefficient (Wildman–Crippen LogP) is 16.2. The average molecular weight is 924 g/mol. The van der Waals surface area contributed by atoms with Crippen molar-refractivity contribution in [2.45, 2.75) is 37.5 Å². The summed E-state index contributed by atoms with van der Waals surface area (Å²) in [6, 6.07) is 74.5. The lowest BCUT2D eigenvalue weighted by Crippen LogP contribution is -2.56. The Hall–Kier alpha value is -7.26. The van der Waals surface area contributed by atoms with Gasteiger partial charge in [-0.2, -0.15) is 0 Å². The van der Waals surface area contributed by atoms with E-state index in [1.165, 1.54) is 59.9 Å². The molecule has 4 aliphatic carbocycles. The second kappa shape index (κ2) is 17.0. The van der Waals surface area contributed by atoms with Crippen LogP contribution in [0.4, 0.5) is 0 Å². The van der Waals surface area contributed by atoms with Gasteiger partial charge < -0.3 is 4.57 Å². The van der Waals surface area contributed by atoms with Crippen LogP contribution in [0, 0.1) is 23.7 Å². The van der Waals surface area contributed by atoms with Crippen molar-refractivity contribution in [3.63, 3.8) is 0 Å². The molecule has 4 saturated carbocycles. The number of fused-ring (bicyclic) bond motifs is 2. The molecule has 4 bridgehead atoms. The molecule has 4 fully saturated rings. The van der Waals surface area contributed by atoms with Gasteiger partial charge in [0.25, 0.3) is 0 Å². The molecule has 0 spiro atoms. The summed E-state index contributed by atoms with van der Waals surface area (Å²) in [5.41, 5.74) is 12.7. The van der Waals surface area contributed by atoms with Gasteiger partial charge in [0.2, 0.25) is 0 Å². The van der Waals surface area contributed by atoms with Crippen LogP contribution < -0.4 is 5.30 Å². The van der Waals surface area contributed by atoms with Crippen molar-refractivity contribution in [2.75, 3.05) is 13.3 Å². The van der Waals surface area contributed by atoms with E-state index >= 15 is 0 Å². The Morgan fingerprint density at radius 1 is 0.371 bits per heavy atom. The maximum absolute atomic E-state index is 12.8. The second-order valence-corrected chi connectivity index (χ2v) is 23.9. The van der Waals surface area contributed by atoms with Crippen molar-refractivity contribution in [2.24, 2.45) is 23.7 Å². The van der Waals surface area contributed by atoms with E-state index < -0.39 is 7.14 Å². The lowest BCUT2D eigenvalue weighted by Gasteiger charge is -2.62. The van der Waals surface area contributed by atoms with E-state index in [0.717, 1.165) is 72.1 Å². The summed E-state index contributed by atoms with van der Waals surface area (Å²) >= 11 is 0. The van der Waals surface area contributed by atoms with Crippen LogP contribution in [0.2, 0.25) is 0 Å². The first-order valence-electron chi connectivity index (χ1n) is 25.1. The van der Waals surface area contributed by atoms with Gasteiger partial charge in [-0.05, 0) is 141 Å². The molecule has 70 heavy (non-hydrogen) atoms. The smallest absolute Gasteiger partial charge is 0.165 e. The summed E-state index contributed by atoms with van der Waals surface area (Å²) in [5, 5.41) is 5.47. The first-order chi connectivity index (χ1) is 34.3. The zero-order valence-electron chi connectivity index (χ0n) is 39.7. The largest absolute Gasteiger partial charge is 0.319 e. The summed E-state index contributed by atoms with van der Waals surface area (Å²) < 4.78 is 12.8. The zero-order valence-corrected chi connectivity index (χ0v) is 40.6. The summed E-state index contributed by atoms with van der Waals surface area (Å²) in [5.74, 6) is 4.81. The number of hydrogen-bond acceptors (Lipinski definition) is 4. The molecule has 1 aromatic heterocycles. The molecule has 0 saturated heterocycles. The Bertz CT molecular complexity index is 3550. The van der Waals surface area contributed by atoms with Gasteiger partial charge in [0.15, 0.2) is 17.5 Å². The van der Waals surface area contributed by atoms with Gasteiger partial charge in [-0.3, -0.25) is 0 Å². The molecule has 9 aromatic carbocycles. The molecule has 340 valence electrons. The van der Waals surface area contributed by atoms with Crippen LogP contribution in [-0.4, -0.2) is 28.3 Å². The molecule has 0 atom stereocenters. The highest BCUT2D eigenvalue weighted by Crippen LogP contribution is 2.65. The molecule has 0 unspecified atom stereocenters. The van der Waals surface area contributed by atoms with Crippen LogP contribution in [0.5, 0.6) is 0 Å². The van der Waals surface area contributed by atoms with Gasteiger partial charge in [-0.15, -0.1) is 0 Å². The molecular weight excluding hydrogens is 870 g/mol. The highest BCUT2D eigenvalue weighted by molar-refractivity contribution is 7.70. The fourth-order valence-corrected chi connectivity index (χ4v) is 14.3. The first-order valence-corrected chi connectivity index (χ1v) is 27.7. The van der Waals surface area contributed by atoms with Crippen LogP contribution in [-0.2, 0) is 9.98 Å². The second-order valence-electron chi connectivity index (χ2n) is 20.7. The normalized spacial score (nSPS) is 20.5. The van der Waals surface area contributed by atoms with Gasteiger partial charge in [0.05, 0.1) is 0 Å². The van der Waals surface area contributed by atoms with Gasteiger partial charge in [0.1, 0.15) is 7.14 Å². The van der Waals surface area contributed by atoms with Crippen molar-refractivity contribution in [3.8, 4) is 67.5 Å². The number of benzene rings is 9. The Kier molecular flexibility index (Phi) is 10.4. The maximum Gasteiger partial charge on any atom is 0.165 e. The summed E-state index contributed by atoms with van der Waals surface area (Å²) in [6.07, 6.45) is 6.56.